The Morgan fingerprint density at radius 3 is 2.70 bits per heavy atom. The summed E-state index contributed by atoms with van der Waals surface area (Å²) in [6.45, 7) is 1.12. The van der Waals surface area contributed by atoms with E-state index in [2.05, 4.69) is 32.9 Å². The molecule has 2 amide bonds. The Bertz CT molecular complexity index is 840. The average molecular weight is 500 g/mol. The summed E-state index contributed by atoms with van der Waals surface area (Å²) in [6.07, 6.45) is 4.56. The van der Waals surface area contributed by atoms with E-state index in [4.69, 9.17) is 16.3 Å². The molecule has 0 saturated carbocycles. The molecule has 1 fully saturated rings. The highest BCUT2D eigenvalue weighted by molar-refractivity contribution is 14.1. The number of hydrogen-bond donors (Lipinski definition) is 1. The lowest BCUT2D eigenvalue weighted by molar-refractivity contribution is 0.0695. The maximum atomic E-state index is 12.9. The highest BCUT2D eigenvalue weighted by Gasteiger charge is 2.27. The number of nitrogens with zero attached hydrogens (tertiary/aromatic N) is 2. The van der Waals surface area contributed by atoms with Crippen molar-refractivity contribution in [2.24, 2.45) is 0 Å². The van der Waals surface area contributed by atoms with Crippen molar-refractivity contribution in [1.29, 1.82) is 0 Å². The number of carbonyl (C=O) groups is 2. The molecular weight excluding hydrogens is 481 g/mol. The molecular formula is C19H19ClIN3O3. The lowest BCUT2D eigenvalue weighted by Gasteiger charge is -2.32. The average Bonchev–Trinajstić information content (AvgIpc) is 2.70. The number of benzene rings is 1. The van der Waals surface area contributed by atoms with Crippen LogP contribution in [0.15, 0.2) is 36.7 Å². The van der Waals surface area contributed by atoms with Gasteiger partial charge in [-0.3, -0.25) is 14.6 Å². The summed E-state index contributed by atoms with van der Waals surface area (Å²) in [5.41, 5.74) is 0.995. The molecule has 1 aromatic heterocycles. The van der Waals surface area contributed by atoms with E-state index in [1.54, 1.807) is 41.6 Å². The predicted molar refractivity (Wildman–Crippen MR) is 111 cm³/mol. The largest absolute Gasteiger partial charge is 0.496 e. The number of pyridine rings is 1. The first kappa shape index (κ1) is 19.9. The van der Waals surface area contributed by atoms with Gasteiger partial charge in [-0.05, 0) is 59.7 Å². The number of likely N-dealkylation sites (tertiary alicyclic amines) is 1. The second-order valence-corrected chi connectivity index (χ2v) is 7.82. The standard InChI is InChI=1S/C19H19ClIN3O3/c1-27-17-10-16(21)15(20)9-14(17)19(26)24-7-4-13(5-8-24)23-18(25)12-3-2-6-22-11-12/h2-3,6,9-11,13H,4-5,7-8H2,1H3,(H,23,25). The summed E-state index contributed by atoms with van der Waals surface area (Å²) in [5.74, 6) is 0.266. The number of amides is 2. The molecule has 0 bridgehead atoms. The third kappa shape index (κ3) is 4.70. The van der Waals surface area contributed by atoms with E-state index in [-0.39, 0.29) is 17.9 Å². The van der Waals surface area contributed by atoms with E-state index < -0.39 is 0 Å². The Balaban J connectivity index is 1.61. The first-order valence-corrected chi connectivity index (χ1v) is 9.98. The van der Waals surface area contributed by atoms with Crippen molar-refractivity contribution in [2.45, 2.75) is 18.9 Å². The van der Waals surface area contributed by atoms with E-state index in [9.17, 15) is 9.59 Å². The van der Waals surface area contributed by atoms with Crippen molar-refractivity contribution < 1.29 is 14.3 Å². The highest BCUT2D eigenvalue weighted by Crippen LogP contribution is 2.29. The molecule has 0 radical (unpaired) electrons. The topological polar surface area (TPSA) is 71.5 Å². The predicted octanol–water partition coefficient (Wildman–Crippen LogP) is 3.38. The van der Waals surface area contributed by atoms with Gasteiger partial charge in [0.2, 0.25) is 0 Å². The van der Waals surface area contributed by atoms with Crippen LogP contribution in [0.25, 0.3) is 0 Å². The van der Waals surface area contributed by atoms with Gasteiger partial charge in [-0.1, -0.05) is 11.6 Å². The number of halogens is 2. The normalized spacial score (nSPS) is 14.7. The number of nitrogens with one attached hydrogen (secondary N) is 1. The SMILES string of the molecule is COc1cc(I)c(Cl)cc1C(=O)N1CCC(NC(=O)c2cccnc2)CC1. The van der Waals surface area contributed by atoms with Gasteiger partial charge in [0.15, 0.2) is 0 Å². The lowest BCUT2D eigenvalue weighted by atomic mass is 10.0. The van der Waals surface area contributed by atoms with Gasteiger partial charge < -0.3 is 15.0 Å². The molecule has 2 aromatic rings. The van der Waals surface area contributed by atoms with E-state index in [1.165, 1.54) is 7.11 Å². The molecule has 2 heterocycles. The summed E-state index contributed by atoms with van der Waals surface area (Å²) < 4.78 is 6.17. The molecule has 1 aliphatic rings. The summed E-state index contributed by atoms with van der Waals surface area (Å²) >= 11 is 8.28. The molecule has 0 unspecified atom stereocenters. The zero-order chi connectivity index (χ0) is 19.4. The highest BCUT2D eigenvalue weighted by atomic mass is 127. The monoisotopic (exact) mass is 499 g/mol. The van der Waals surface area contributed by atoms with Gasteiger partial charge in [0.05, 0.1) is 23.3 Å². The van der Waals surface area contributed by atoms with E-state index in [0.29, 0.717) is 47.8 Å². The Labute approximate surface area is 176 Å². The van der Waals surface area contributed by atoms with Crippen LogP contribution in [0, 0.1) is 3.57 Å². The Morgan fingerprint density at radius 2 is 2.07 bits per heavy atom. The van der Waals surface area contributed by atoms with E-state index in [0.717, 1.165) is 3.57 Å². The van der Waals surface area contributed by atoms with E-state index in [1.807, 2.05) is 0 Å². The van der Waals surface area contributed by atoms with Crippen molar-refractivity contribution in [2.75, 3.05) is 20.2 Å². The minimum Gasteiger partial charge on any atom is -0.496 e. The number of aromatic nitrogens is 1. The van der Waals surface area contributed by atoms with Crippen LogP contribution in [0.3, 0.4) is 0 Å². The molecule has 1 saturated heterocycles. The van der Waals surface area contributed by atoms with Crippen molar-refractivity contribution >= 4 is 46.0 Å². The first-order valence-electron chi connectivity index (χ1n) is 8.52. The van der Waals surface area contributed by atoms with Crippen LogP contribution in [0.5, 0.6) is 5.75 Å². The lowest BCUT2D eigenvalue weighted by Crippen LogP contribution is -2.46. The number of piperidine rings is 1. The van der Waals surface area contributed by atoms with Crippen LogP contribution in [0.1, 0.15) is 33.6 Å². The van der Waals surface area contributed by atoms with E-state index >= 15 is 0 Å². The first-order chi connectivity index (χ1) is 13.0. The van der Waals surface area contributed by atoms with Gasteiger partial charge in [0.25, 0.3) is 11.8 Å². The summed E-state index contributed by atoms with van der Waals surface area (Å²) in [6, 6.07) is 6.91. The molecule has 6 nitrogen and oxygen atoms in total. The number of methoxy groups -OCH3 is 1. The smallest absolute Gasteiger partial charge is 0.257 e. The molecule has 0 atom stereocenters. The fourth-order valence-corrected chi connectivity index (χ4v) is 3.63. The van der Waals surface area contributed by atoms with Crippen LogP contribution >= 0.6 is 34.2 Å². The molecule has 1 N–H and O–H groups in total. The fraction of sp³-hybridized carbons (Fsp3) is 0.316. The molecule has 1 aliphatic heterocycles. The molecule has 142 valence electrons. The molecule has 27 heavy (non-hydrogen) atoms. The molecule has 0 spiro atoms. The van der Waals surface area contributed by atoms with Gasteiger partial charge in [0.1, 0.15) is 5.75 Å². The van der Waals surface area contributed by atoms with Gasteiger partial charge in [0, 0.05) is 35.1 Å². The third-order valence-corrected chi connectivity index (χ3v) is 6.04. The van der Waals surface area contributed by atoms with Crippen molar-refractivity contribution in [3.05, 3.63) is 56.4 Å². The summed E-state index contributed by atoms with van der Waals surface area (Å²) in [4.78, 5) is 30.9. The molecule has 3 rings (SSSR count). The number of ether oxygens (including phenoxy) is 1. The number of carbonyl (C=O) groups excluding carboxylic acids is 2. The number of hydrogen-bond acceptors (Lipinski definition) is 4. The van der Waals surface area contributed by atoms with Crippen molar-refractivity contribution in [3.8, 4) is 5.75 Å². The Kier molecular flexibility index (Phi) is 6.54. The second-order valence-electron chi connectivity index (χ2n) is 6.25. The van der Waals surface area contributed by atoms with Crippen molar-refractivity contribution in [1.82, 2.24) is 15.2 Å². The van der Waals surface area contributed by atoms with Crippen LogP contribution in [-0.2, 0) is 0 Å². The van der Waals surface area contributed by atoms with Crippen molar-refractivity contribution in [3.63, 3.8) is 0 Å². The van der Waals surface area contributed by atoms with Crippen LogP contribution in [-0.4, -0.2) is 47.9 Å². The Hall–Kier alpha value is -1.87. The van der Waals surface area contributed by atoms with Crippen LogP contribution in [0.4, 0.5) is 0 Å². The summed E-state index contributed by atoms with van der Waals surface area (Å²) in [5, 5.41) is 3.54. The minimum absolute atomic E-state index is 0.0314. The zero-order valence-electron chi connectivity index (χ0n) is 14.7. The van der Waals surface area contributed by atoms with Crippen LogP contribution < -0.4 is 10.1 Å². The maximum absolute atomic E-state index is 12.9. The fourth-order valence-electron chi connectivity index (χ4n) is 3.03. The molecule has 0 aliphatic carbocycles. The number of rotatable bonds is 4. The molecule has 8 heteroatoms. The maximum Gasteiger partial charge on any atom is 0.257 e. The Morgan fingerprint density at radius 1 is 1.33 bits per heavy atom. The zero-order valence-corrected chi connectivity index (χ0v) is 17.7. The quantitative estimate of drug-likeness (QED) is 0.655. The summed E-state index contributed by atoms with van der Waals surface area (Å²) in [7, 11) is 1.54. The van der Waals surface area contributed by atoms with Gasteiger partial charge >= 0.3 is 0 Å². The van der Waals surface area contributed by atoms with Crippen LogP contribution in [0.2, 0.25) is 5.02 Å². The minimum atomic E-state index is -0.140. The van der Waals surface area contributed by atoms with Gasteiger partial charge in [-0.15, -0.1) is 0 Å². The molecule has 1 aromatic carbocycles. The van der Waals surface area contributed by atoms with Gasteiger partial charge in [-0.2, -0.15) is 0 Å². The van der Waals surface area contributed by atoms with Gasteiger partial charge in [-0.25, -0.2) is 0 Å². The second kappa shape index (κ2) is 8.88. The third-order valence-electron chi connectivity index (χ3n) is 4.51.